The molecule has 0 saturated heterocycles. The van der Waals surface area contributed by atoms with Crippen molar-refractivity contribution in [3.05, 3.63) is 29.8 Å². The zero-order valence-electron chi connectivity index (χ0n) is 13.4. The van der Waals surface area contributed by atoms with Crippen LogP contribution in [0.3, 0.4) is 0 Å². The Hall–Kier alpha value is -1.75. The molecule has 0 spiro atoms. The van der Waals surface area contributed by atoms with Crippen LogP contribution in [0.2, 0.25) is 0 Å². The van der Waals surface area contributed by atoms with Crippen LogP contribution in [-0.4, -0.2) is 44.3 Å². The molecule has 1 unspecified atom stereocenters. The lowest BCUT2D eigenvalue weighted by Gasteiger charge is -2.30. The Morgan fingerprint density at radius 1 is 1.19 bits per heavy atom. The Balaban J connectivity index is 2.82. The summed E-state index contributed by atoms with van der Waals surface area (Å²) in [5, 5.41) is 2.83. The predicted molar refractivity (Wildman–Crippen MR) is 83.7 cm³/mol. The van der Waals surface area contributed by atoms with E-state index in [9.17, 15) is 4.79 Å². The zero-order valence-corrected chi connectivity index (χ0v) is 13.4. The van der Waals surface area contributed by atoms with Gasteiger partial charge < -0.3 is 14.8 Å². The van der Waals surface area contributed by atoms with Gasteiger partial charge in [0.25, 0.3) is 0 Å². The van der Waals surface area contributed by atoms with Gasteiger partial charge in [-0.3, -0.25) is 4.90 Å². The van der Waals surface area contributed by atoms with Gasteiger partial charge in [0, 0.05) is 6.54 Å². The number of methoxy groups -OCH3 is 1. The van der Waals surface area contributed by atoms with Crippen LogP contribution in [0.1, 0.15) is 32.4 Å². The lowest BCUT2D eigenvalue weighted by atomic mass is 10.0. The highest BCUT2D eigenvalue weighted by atomic mass is 16.5. The van der Waals surface area contributed by atoms with Gasteiger partial charge in [0.2, 0.25) is 0 Å². The van der Waals surface area contributed by atoms with Crippen molar-refractivity contribution >= 4 is 6.09 Å². The molecule has 1 N–H and O–H groups in total. The van der Waals surface area contributed by atoms with Gasteiger partial charge in [-0.25, -0.2) is 4.79 Å². The number of nitrogens with zero attached hydrogens (tertiary/aromatic N) is 1. The van der Waals surface area contributed by atoms with Crippen LogP contribution in [-0.2, 0) is 4.74 Å². The second-order valence-corrected chi connectivity index (χ2v) is 4.61. The molecule has 0 radical (unpaired) electrons. The van der Waals surface area contributed by atoms with E-state index in [-0.39, 0.29) is 12.1 Å². The number of rotatable bonds is 8. The number of alkyl carbamates (subject to hydrolysis) is 1. The summed E-state index contributed by atoms with van der Waals surface area (Å²) in [6, 6.07) is 8.07. The summed E-state index contributed by atoms with van der Waals surface area (Å²) in [5.74, 6) is 0.829. The molecule has 0 bridgehead atoms. The summed E-state index contributed by atoms with van der Waals surface area (Å²) in [5.41, 5.74) is 1.15. The lowest BCUT2D eigenvalue weighted by Crippen LogP contribution is -2.38. The Morgan fingerprint density at radius 3 is 2.29 bits per heavy atom. The minimum absolute atomic E-state index is 0.121. The molecular formula is C16H26N2O3. The van der Waals surface area contributed by atoms with Crippen molar-refractivity contribution in [3.63, 3.8) is 0 Å². The summed E-state index contributed by atoms with van der Waals surface area (Å²) in [7, 11) is 1.65. The first-order valence-electron chi connectivity index (χ1n) is 7.44. The number of hydrogen-bond acceptors (Lipinski definition) is 4. The summed E-state index contributed by atoms with van der Waals surface area (Å²) in [6.45, 7) is 8.76. The minimum atomic E-state index is -0.372. The van der Waals surface area contributed by atoms with Crippen LogP contribution in [0, 0.1) is 0 Å². The van der Waals surface area contributed by atoms with Gasteiger partial charge in [0.1, 0.15) is 5.75 Å². The molecule has 1 rings (SSSR count). The molecule has 118 valence electrons. The number of benzene rings is 1. The van der Waals surface area contributed by atoms with E-state index in [1.165, 1.54) is 0 Å². The number of carbonyl (C=O) groups excluding carboxylic acids is 1. The van der Waals surface area contributed by atoms with Crippen molar-refractivity contribution in [2.75, 3.05) is 33.4 Å². The number of likely N-dealkylation sites (N-methyl/N-ethyl adjacent to an activating group) is 1. The highest BCUT2D eigenvalue weighted by molar-refractivity contribution is 5.67. The first kappa shape index (κ1) is 17.3. The fourth-order valence-corrected chi connectivity index (χ4v) is 2.31. The molecule has 0 aliphatic rings. The normalized spacial score (nSPS) is 12.0. The maximum Gasteiger partial charge on any atom is 0.407 e. The number of nitrogens with one attached hydrogen (secondary N) is 1. The first-order valence-corrected chi connectivity index (χ1v) is 7.44. The smallest absolute Gasteiger partial charge is 0.407 e. The first-order chi connectivity index (χ1) is 10.2. The van der Waals surface area contributed by atoms with E-state index in [1.54, 1.807) is 14.0 Å². The van der Waals surface area contributed by atoms with Crippen molar-refractivity contribution in [2.45, 2.75) is 26.8 Å². The second-order valence-electron chi connectivity index (χ2n) is 4.61. The SMILES string of the molecule is CCOC(=O)NCC(c1ccc(OC)cc1)N(CC)CC. The van der Waals surface area contributed by atoms with Crippen LogP contribution < -0.4 is 10.1 Å². The highest BCUT2D eigenvalue weighted by Gasteiger charge is 2.19. The average Bonchev–Trinajstić information content (AvgIpc) is 2.52. The van der Waals surface area contributed by atoms with Gasteiger partial charge in [0.15, 0.2) is 0 Å². The molecule has 1 aromatic carbocycles. The third-order valence-corrected chi connectivity index (χ3v) is 3.47. The van der Waals surface area contributed by atoms with Crippen molar-refractivity contribution in [2.24, 2.45) is 0 Å². The van der Waals surface area contributed by atoms with Crippen molar-refractivity contribution < 1.29 is 14.3 Å². The lowest BCUT2D eigenvalue weighted by molar-refractivity contribution is 0.144. The van der Waals surface area contributed by atoms with Gasteiger partial charge in [-0.2, -0.15) is 0 Å². The second kappa shape index (κ2) is 9.23. The van der Waals surface area contributed by atoms with Crippen LogP contribution in [0.15, 0.2) is 24.3 Å². The molecule has 5 nitrogen and oxygen atoms in total. The van der Waals surface area contributed by atoms with E-state index in [2.05, 4.69) is 24.1 Å². The number of hydrogen-bond donors (Lipinski definition) is 1. The summed E-state index contributed by atoms with van der Waals surface area (Å²) in [4.78, 5) is 13.8. The summed E-state index contributed by atoms with van der Waals surface area (Å²) in [6.07, 6.45) is -0.372. The summed E-state index contributed by atoms with van der Waals surface area (Å²) >= 11 is 0. The van der Waals surface area contributed by atoms with Gasteiger partial charge in [-0.15, -0.1) is 0 Å². The van der Waals surface area contributed by atoms with E-state index in [0.717, 1.165) is 24.4 Å². The number of carbonyl (C=O) groups is 1. The number of ether oxygens (including phenoxy) is 2. The van der Waals surface area contributed by atoms with E-state index >= 15 is 0 Å². The van der Waals surface area contributed by atoms with Crippen molar-refractivity contribution in [3.8, 4) is 5.75 Å². The van der Waals surface area contributed by atoms with E-state index in [0.29, 0.717) is 13.2 Å². The average molecular weight is 294 g/mol. The molecule has 0 heterocycles. The molecular weight excluding hydrogens is 268 g/mol. The van der Waals surface area contributed by atoms with Crippen LogP contribution in [0.5, 0.6) is 5.75 Å². The predicted octanol–water partition coefficient (Wildman–Crippen LogP) is 2.82. The van der Waals surface area contributed by atoms with Gasteiger partial charge in [0.05, 0.1) is 19.8 Å². The molecule has 0 aliphatic carbocycles. The fourth-order valence-electron chi connectivity index (χ4n) is 2.31. The molecule has 1 aromatic rings. The Labute approximate surface area is 127 Å². The standard InChI is InChI=1S/C16H26N2O3/c1-5-18(6-2)15(12-17-16(19)21-7-3)13-8-10-14(20-4)11-9-13/h8-11,15H,5-7,12H2,1-4H3,(H,17,19). The monoisotopic (exact) mass is 294 g/mol. The van der Waals surface area contributed by atoms with Crippen molar-refractivity contribution in [1.29, 1.82) is 0 Å². The zero-order chi connectivity index (χ0) is 15.7. The molecule has 0 aromatic heterocycles. The third kappa shape index (κ3) is 5.27. The van der Waals surface area contributed by atoms with E-state index < -0.39 is 0 Å². The number of amides is 1. The molecule has 1 amide bonds. The molecule has 1 atom stereocenters. The Kier molecular flexibility index (Phi) is 7.61. The highest BCUT2D eigenvalue weighted by Crippen LogP contribution is 2.22. The maximum atomic E-state index is 11.5. The minimum Gasteiger partial charge on any atom is -0.497 e. The van der Waals surface area contributed by atoms with Crippen molar-refractivity contribution in [1.82, 2.24) is 10.2 Å². The molecule has 0 saturated carbocycles. The topological polar surface area (TPSA) is 50.8 Å². The van der Waals surface area contributed by atoms with E-state index in [4.69, 9.17) is 9.47 Å². The third-order valence-electron chi connectivity index (χ3n) is 3.47. The van der Waals surface area contributed by atoms with Crippen LogP contribution >= 0.6 is 0 Å². The Bertz CT molecular complexity index is 416. The van der Waals surface area contributed by atoms with Crippen LogP contribution in [0.25, 0.3) is 0 Å². The molecule has 21 heavy (non-hydrogen) atoms. The maximum absolute atomic E-state index is 11.5. The molecule has 0 aliphatic heterocycles. The summed E-state index contributed by atoms with van der Waals surface area (Å²) < 4.78 is 10.1. The Morgan fingerprint density at radius 2 is 1.81 bits per heavy atom. The fraction of sp³-hybridized carbons (Fsp3) is 0.562. The van der Waals surface area contributed by atoms with Gasteiger partial charge >= 0.3 is 6.09 Å². The molecule has 0 fully saturated rings. The largest absolute Gasteiger partial charge is 0.497 e. The van der Waals surface area contributed by atoms with Gasteiger partial charge in [-0.05, 0) is 37.7 Å². The molecule has 5 heteroatoms. The van der Waals surface area contributed by atoms with E-state index in [1.807, 2.05) is 24.3 Å². The van der Waals surface area contributed by atoms with Crippen LogP contribution in [0.4, 0.5) is 4.79 Å². The quantitative estimate of drug-likeness (QED) is 0.801. The van der Waals surface area contributed by atoms with Gasteiger partial charge in [-0.1, -0.05) is 26.0 Å².